The molecule has 1 unspecified atom stereocenters. The fourth-order valence-electron chi connectivity index (χ4n) is 2.06. The average molecular weight is 290 g/mol. The van der Waals surface area contributed by atoms with Crippen molar-refractivity contribution in [2.24, 2.45) is 0 Å². The van der Waals surface area contributed by atoms with Crippen molar-refractivity contribution < 1.29 is 0 Å². The minimum Gasteiger partial charge on any atom is -0.290 e. The van der Waals surface area contributed by atoms with E-state index in [2.05, 4.69) is 33.9 Å². The molecule has 0 aliphatic heterocycles. The maximum absolute atomic E-state index is 6.20. The van der Waals surface area contributed by atoms with E-state index in [-0.39, 0.29) is 6.04 Å². The summed E-state index contributed by atoms with van der Waals surface area (Å²) in [7, 11) is 0. The van der Waals surface area contributed by atoms with Gasteiger partial charge >= 0.3 is 0 Å². The molecule has 5 heteroatoms. The zero-order valence-electron chi connectivity index (χ0n) is 10.3. The molecule has 96 valence electrons. The molecule has 0 aliphatic carbocycles. The zero-order valence-corrected chi connectivity index (χ0v) is 11.9. The van der Waals surface area contributed by atoms with Gasteiger partial charge in [0.2, 0.25) is 5.28 Å². The predicted octanol–water partition coefficient (Wildman–Crippen LogP) is 4.27. The number of hydrogen-bond acceptors (Lipinski definition) is 3. The molecule has 1 aromatic carbocycles. The van der Waals surface area contributed by atoms with Crippen molar-refractivity contribution >= 4 is 22.9 Å². The first kappa shape index (κ1) is 12.4. The highest BCUT2D eigenvalue weighted by atomic mass is 35.5. The maximum atomic E-state index is 6.20. The monoisotopic (exact) mass is 289 g/mol. The molecule has 0 saturated carbocycles. The predicted molar refractivity (Wildman–Crippen MR) is 78.6 cm³/mol. The van der Waals surface area contributed by atoms with E-state index in [1.165, 1.54) is 5.56 Å². The van der Waals surface area contributed by atoms with E-state index < -0.39 is 0 Å². The van der Waals surface area contributed by atoms with E-state index in [1.54, 1.807) is 11.3 Å². The van der Waals surface area contributed by atoms with Gasteiger partial charge < -0.3 is 0 Å². The molecule has 3 nitrogen and oxygen atoms in total. The molecule has 0 N–H and O–H groups in total. The summed E-state index contributed by atoms with van der Waals surface area (Å²) in [5.74, 6) is 0.796. The van der Waals surface area contributed by atoms with Crippen LogP contribution in [0.5, 0.6) is 0 Å². The molecule has 0 bridgehead atoms. The second kappa shape index (κ2) is 5.15. The van der Waals surface area contributed by atoms with Crippen LogP contribution in [0.25, 0.3) is 11.4 Å². The first-order valence-corrected chi connectivity index (χ1v) is 7.27. The molecular formula is C14H12ClN3S. The Morgan fingerprint density at radius 3 is 2.63 bits per heavy atom. The summed E-state index contributed by atoms with van der Waals surface area (Å²) in [6.45, 7) is 2.10. The minimum atomic E-state index is 0.115. The molecule has 0 amide bonds. The van der Waals surface area contributed by atoms with E-state index in [4.69, 9.17) is 11.6 Å². The number of thiophene rings is 1. The van der Waals surface area contributed by atoms with Crippen molar-refractivity contribution in [2.75, 3.05) is 0 Å². The van der Waals surface area contributed by atoms with Crippen LogP contribution in [0.4, 0.5) is 0 Å². The molecule has 0 aliphatic rings. The Kier molecular flexibility index (Phi) is 3.36. The number of benzene rings is 1. The highest BCUT2D eigenvalue weighted by Crippen LogP contribution is 2.29. The summed E-state index contributed by atoms with van der Waals surface area (Å²) in [5.41, 5.74) is 2.23. The van der Waals surface area contributed by atoms with Gasteiger partial charge in [-0.2, -0.15) is 11.3 Å². The Morgan fingerprint density at radius 2 is 1.95 bits per heavy atom. The number of aromatic nitrogens is 3. The fourth-order valence-corrected chi connectivity index (χ4v) is 3.07. The summed E-state index contributed by atoms with van der Waals surface area (Å²) in [6.07, 6.45) is 0. The molecule has 2 heterocycles. The van der Waals surface area contributed by atoms with Gasteiger partial charge in [0.15, 0.2) is 5.82 Å². The topological polar surface area (TPSA) is 30.7 Å². The van der Waals surface area contributed by atoms with Crippen molar-refractivity contribution in [2.45, 2.75) is 13.0 Å². The molecule has 0 saturated heterocycles. The van der Waals surface area contributed by atoms with Crippen LogP contribution < -0.4 is 0 Å². The van der Waals surface area contributed by atoms with Gasteiger partial charge in [-0.25, -0.2) is 0 Å². The molecule has 1 atom stereocenters. The van der Waals surface area contributed by atoms with Gasteiger partial charge in [-0.1, -0.05) is 30.3 Å². The maximum Gasteiger partial charge on any atom is 0.225 e. The molecule has 19 heavy (non-hydrogen) atoms. The average Bonchev–Trinajstić information content (AvgIpc) is 3.08. The Bertz CT molecular complexity index is 661. The van der Waals surface area contributed by atoms with Crippen molar-refractivity contribution in [1.82, 2.24) is 14.8 Å². The zero-order chi connectivity index (χ0) is 13.2. The Morgan fingerprint density at radius 1 is 1.16 bits per heavy atom. The standard InChI is InChI=1S/C14H12ClN3S/c1-10(12-7-8-19-9-12)18-13(16-17-14(18)15)11-5-3-2-4-6-11/h2-10H,1H3. The Labute approximate surface area is 120 Å². The quantitative estimate of drug-likeness (QED) is 0.721. The SMILES string of the molecule is CC(c1ccsc1)n1c(Cl)nnc1-c1ccccc1. The molecular weight excluding hydrogens is 278 g/mol. The molecule has 3 aromatic rings. The summed E-state index contributed by atoms with van der Waals surface area (Å²) in [6, 6.07) is 12.2. The summed E-state index contributed by atoms with van der Waals surface area (Å²) >= 11 is 7.87. The van der Waals surface area contributed by atoms with Crippen LogP contribution in [0.1, 0.15) is 18.5 Å². The van der Waals surface area contributed by atoms with Crippen LogP contribution in [-0.4, -0.2) is 14.8 Å². The van der Waals surface area contributed by atoms with Crippen molar-refractivity contribution in [1.29, 1.82) is 0 Å². The summed E-state index contributed by atoms with van der Waals surface area (Å²) < 4.78 is 1.96. The van der Waals surface area contributed by atoms with E-state index in [9.17, 15) is 0 Å². The smallest absolute Gasteiger partial charge is 0.225 e. The van der Waals surface area contributed by atoms with Gasteiger partial charge in [0.05, 0.1) is 6.04 Å². The lowest BCUT2D eigenvalue weighted by molar-refractivity contribution is 0.646. The van der Waals surface area contributed by atoms with Crippen molar-refractivity contribution in [3.63, 3.8) is 0 Å². The molecule has 3 rings (SSSR count). The summed E-state index contributed by atoms with van der Waals surface area (Å²) in [4.78, 5) is 0. The lowest BCUT2D eigenvalue weighted by atomic mass is 10.1. The van der Waals surface area contributed by atoms with Crippen LogP contribution in [0.2, 0.25) is 5.28 Å². The second-order valence-corrected chi connectivity index (χ2v) is 5.38. The van der Waals surface area contributed by atoms with Crippen LogP contribution in [-0.2, 0) is 0 Å². The minimum absolute atomic E-state index is 0.115. The van der Waals surface area contributed by atoms with Crippen LogP contribution in [0.15, 0.2) is 47.2 Å². The van der Waals surface area contributed by atoms with E-state index in [1.807, 2.05) is 34.9 Å². The first-order chi connectivity index (χ1) is 9.27. The largest absolute Gasteiger partial charge is 0.290 e. The second-order valence-electron chi connectivity index (χ2n) is 4.26. The van der Waals surface area contributed by atoms with Gasteiger partial charge in [0.25, 0.3) is 0 Å². The third-order valence-electron chi connectivity index (χ3n) is 3.10. The van der Waals surface area contributed by atoms with Gasteiger partial charge in [0, 0.05) is 5.56 Å². The van der Waals surface area contributed by atoms with Crippen LogP contribution in [0.3, 0.4) is 0 Å². The number of hydrogen-bond donors (Lipinski definition) is 0. The van der Waals surface area contributed by atoms with Gasteiger partial charge in [-0.15, -0.1) is 10.2 Å². The lowest BCUT2D eigenvalue weighted by Gasteiger charge is -2.15. The molecule has 2 aromatic heterocycles. The fraction of sp³-hybridized carbons (Fsp3) is 0.143. The number of halogens is 1. The molecule has 0 fully saturated rings. The third-order valence-corrected chi connectivity index (χ3v) is 4.06. The van der Waals surface area contributed by atoms with Crippen LogP contribution >= 0.6 is 22.9 Å². The summed E-state index contributed by atoms with van der Waals surface area (Å²) in [5, 5.41) is 12.8. The number of nitrogens with zero attached hydrogens (tertiary/aromatic N) is 3. The highest BCUT2D eigenvalue weighted by Gasteiger charge is 2.18. The van der Waals surface area contributed by atoms with E-state index in [0.717, 1.165) is 11.4 Å². The van der Waals surface area contributed by atoms with E-state index >= 15 is 0 Å². The Hall–Kier alpha value is -1.65. The van der Waals surface area contributed by atoms with Crippen molar-refractivity contribution in [3.8, 4) is 11.4 Å². The van der Waals surface area contributed by atoms with Gasteiger partial charge in [0.1, 0.15) is 0 Å². The van der Waals surface area contributed by atoms with Gasteiger partial charge in [-0.05, 0) is 40.9 Å². The molecule has 0 spiro atoms. The Balaban J connectivity index is 2.09. The highest BCUT2D eigenvalue weighted by molar-refractivity contribution is 7.07. The number of rotatable bonds is 3. The normalized spacial score (nSPS) is 12.5. The van der Waals surface area contributed by atoms with Crippen LogP contribution in [0, 0.1) is 0 Å². The third kappa shape index (κ3) is 2.29. The van der Waals surface area contributed by atoms with E-state index in [0.29, 0.717) is 5.28 Å². The van der Waals surface area contributed by atoms with Gasteiger partial charge in [-0.3, -0.25) is 4.57 Å². The first-order valence-electron chi connectivity index (χ1n) is 5.95. The van der Waals surface area contributed by atoms with Crippen molar-refractivity contribution in [3.05, 3.63) is 58.0 Å². The molecule has 0 radical (unpaired) electrons. The lowest BCUT2D eigenvalue weighted by Crippen LogP contribution is -2.08.